The van der Waals surface area contributed by atoms with E-state index in [0.29, 0.717) is 23.7 Å². The van der Waals surface area contributed by atoms with Crippen molar-refractivity contribution >= 4 is 39.3 Å². The molecule has 0 aliphatic carbocycles. The third-order valence-corrected chi connectivity index (χ3v) is 5.63. The molecule has 0 atom stereocenters. The van der Waals surface area contributed by atoms with Gasteiger partial charge in [-0.3, -0.25) is 0 Å². The van der Waals surface area contributed by atoms with Crippen LogP contribution in [0.2, 0.25) is 0 Å². The number of hydrogen-bond acceptors (Lipinski definition) is 5. The molecular formula is C25H23FN6. The van der Waals surface area contributed by atoms with Crippen LogP contribution in [-0.2, 0) is 6.42 Å². The number of aryl methyl sites for hydroxylation is 2. The molecule has 160 valence electrons. The summed E-state index contributed by atoms with van der Waals surface area (Å²) in [5.41, 5.74) is 4.68. The molecule has 7 heteroatoms. The average molecular weight is 426 g/mol. The van der Waals surface area contributed by atoms with Gasteiger partial charge in [-0.2, -0.15) is 0 Å². The largest absolute Gasteiger partial charge is 0.370 e. The summed E-state index contributed by atoms with van der Waals surface area (Å²) < 4.78 is 14.2. The van der Waals surface area contributed by atoms with Crippen LogP contribution in [0.15, 0.2) is 60.9 Å². The van der Waals surface area contributed by atoms with Crippen molar-refractivity contribution in [2.24, 2.45) is 0 Å². The van der Waals surface area contributed by atoms with E-state index < -0.39 is 0 Å². The molecule has 0 fully saturated rings. The van der Waals surface area contributed by atoms with E-state index in [1.165, 1.54) is 12.4 Å². The highest BCUT2D eigenvalue weighted by atomic mass is 19.1. The van der Waals surface area contributed by atoms with Gasteiger partial charge < -0.3 is 15.6 Å². The van der Waals surface area contributed by atoms with Crippen LogP contribution in [-0.4, -0.2) is 26.5 Å². The van der Waals surface area contributed by atoms with Crippen LogP contribution in [0.25, 0.3) is 21.8 Å². The summed E-state index contributed by atoms with van der Waals surface area (Å²) in [7, 11) is 0. The quantitative estimate of drug-likeness (QED) is 0.326. The lowest BCUT2D eigenvalue weighted by Crippen LogP contribution is -2.08. The van der Waals surface area contributed by atoms with Crippen LogP contribution in [0.3, 0.4) is 0 Å². The van der Waals surface area contributed by atoms with Gasteiger partial charge >= 0.3 is 0 Å². The first kappa shape index (κ1) is 19.9. The van der Waals surface area contributed by atoms with Crippen LogP contribution in [0.5, 0.6) is 0 Å². The zero-order chi connectivity index (χ0) is 22.1. The summed E-state index contributed by atoms with van der Waals surface area (Å²) in [5.74, 6) is 1.87. The number of H-pyrrole nitrogens is 1. The third kappa shape index (κ3) is 3.85. The molecule has 0 aliphatic heterocycles. The second kappa shape index (κ2) is 8.26. The normalized spacial score (nSPS) is 11.2. The van der Waals surface area contributed by atoms with E-state index in [2.05, 4.69) is 30.6 Å². The van der Waals surface area contributed by atoms with Gasteiger partial charge in [0.25, 0.3) is 0 Å². The lowest BCUT2D eigenvalue weighted by atomic mass is 10.0. The Morgan fingerprint density at radius 1 is 0.938 bits per heavy atom. The van der Waals surface area contributed by atoms with Crippen molar-refractivity contribution in [3.05, 3.63) is 83.6 Å². The predicted molar refractivity (Wildman–Crippen MR) is 127 cm³/mol. The van der Waals surface area contributed by atoms with Gasteiger partial charge in [0.2, 0.25) is 0 Å². The van der Waals surface area contributed by atoms with E-state index in [0.717, 1.165) is 45.3 Å². The maximum Gasteiger partial charge on any atom is 0.147 e. The Hall–Kier alpha value is -4.00. The summed E-state index contributed by atoms with van der Waals surface area (Å²) in [6, 6.07) is 17.1. The molecule has 0 saturated heterocycles. The number of nitrogens with zero attached hydrogens (tertiary/aromatic N) is 3. The molecule has 3 aromatic heterocycles. The van der Waals surface area contributed by atoms with Crippen molar-refractivity contribution in [2.45, 2.75) is 20.3 Å². The molecule has 5 aromatic rings. The summed E-state index contributed by atoms with van der Waals surface area (Å²) in [5, 5.41) is 8.64. The highest BCUT2D eigenvalue weighted by Gasteiger charge is 2.13. The van der Waals surface area contributed by atoms with E-state index in [1.807, 2.05) is 62.4 Å². The maximum atomic E-state index is 14.2. The SMILES string of the molecule is Cc1[nH]c2c(F)ccc(C)c2c1CCNc1cc(Nc2ccc3ccccc3n2)ncn1. The monoisotopic (exact) mass is 426 g/mol. The van der Waals surface area contributed by atoms with E-state index in [4.69, 9.17) is 0 Å². The van der Waals surface area contributed by atoms with Gasteiger partial charge in [0, 0.05) is 29.1 Å². The fourth-order valence-electron chi connectivity index (χ4n) is 4.06. The van der Waals surface area contributed by atoms with Gasteiger partial charge in [0.05, 0.1) is 11.0 Å². The Morgan fingerprint density at radius 3 is 2.69 bits per heavy atom. The number of halogens is 1. The molecule has 0 bridgehead atoms. The lowest BCUT2D eigenvalue weighted by Gasteiger charge is -2.09. The first-order chi connectivity index (χ1) is 15.6. The fourth-order valence-corrected chi connectivity index (χ4v) is 4.06. The molecule has 0 saturated carbocycles. The summed E-state index contributed by atoms with van der Waals surface area (Å²) in [6.45, 7) is 4.65. The predicted octanol–water partition coefficient (Wildman–Crippen LogP) is 5.66. The van der Waals surface area contributed by atoms with Crippen LogP contribution in [0, 0.1) is 19.7 Å². The van der Waals surface area contributed by atoms with Crippen molar-refractivity contribution in [1.82, 2.24) is 19.9 Å². The van der Waals surface area contributed by atoms with Crippen molar-refractivity contribution in [3.8, 4) is 0 Å². The van der Waals surface area contributed by atoms with Crippen molar-refractivity contribution in [1.29, 1.82) is 0 Å². The number of rotatable bonds is 6. The molecule has 32 heavy (non-hydrogen) atoms. The molecule has 0 spiro atoms. The molecule has 6 nitrogen and oxygen atoms in total. The van der Waals surface area contributed by atoms with E-state index in [9.17, 15) is 4.39 Å². The van der Waals surface area contributed by atoms with Crippen LogP contribution in [0.4, 0.5) is 21.8 Å². The van der Waals surface area contributed by atoms with Crippen LogP contribution >= 0.6 is 0 Å². The Kier molecular flexibility index (Phi) is 5.15. The third-order valence-electron chi connectivity index (χ3n) is 5.63. The first-order valence-electron chi connectivity index (χ1n) is 10.5. The van der Waals surface area contributed by atoms with Crippen molar-refractivity contribution in [2.75, 3.05) is 17.2 Å². The Labute approximate surface area is 185 Å². The molecule has 2 aromatic carbocycles. The molecular weight excluding hydrogens is 403 g/mol. The average Bonchev–Trinajstić information content (AvgIpc) is 3.14. The molecule has 3 heterocycles. The van der Waals surface area contributed by atoms with Gasteiger partial charge in [0.1, 0.15) is 29.6 Å². The zero-order valence-electron chi connectivity index (χ0n) is 17.9. The minimum Gasteiger partial charge on any atom is -0.370 e. The van der Waals surface area contributed by atoms with Gasteiger partial charge in [-0.1, -0.05) is 24.3 Å². The van der Waals surface area contributed by atoms with Crippen LogP contribution in [0.1, 0.15) is 16.8 Å². The minimum absolute atomic E-state index is 0.221. The molecule has 0 amide bonds. The summed E-state index contributed by atoms with van der Waals surface area (Å²) in [6.07, 6.45) is 2.26. The van der Waals surface area contributed by atoms with Crippen LogP contribution < -0.4 is 10.6 Å². The van der Waals surface area contributed by atoms with Crippen molar-refractivity contribution < 1.29 is 4.39 Å². The minimum atomic E-state index is -0.221. The first-order valence-corrected chi connectivity index (χ1v) is 10.5. The smallest absolute Gasteiger partial charge is 0.147 e. The summed E-state index contributed by atoms with van der Waals surface area (Å²) in [4.78, 5) is 16.4. The molecule has 0 aliphatic rings. The molecule has 0 unspecified atom stereocenters. The number of pyridine rings is 1. The second-order valence-corrected chi connectivity index (χ2v) is 7.82. The Balaban J connectivity index is 1.29. The molecule has 5 rings (SSSR count). The van der Waals surface area contributed by atoms with Gasteiger partial charge in [-0.05, 0) is 55.7 Å². The number of aromatic nitrogens is 4. The highest BCUT2D eigenvalue weighted by molar-refractivity contribution is 5.88. The number of anilines is 3. The standard InChI is InChI=1S/C25H23FN6/c1-15-7-9-19(26)25-24(15)18(16(2)30-25)11-12-27-22-13-23(29-14-28-22)32-21-10-8-17-5-3-4-6-20(17)31-21/h3-10,13-14,30H,11-12H2,1-2H3,(H2,27,28,29,31,32). The maximum absolute atomic E-state index is 14.2. The zero-order valence-corrected chi connectivity index (χ0v) is 17.9. The molecule has 3 N–H and O–H groups in total. The Morgan fingerprint density at radius 2 is 1.78 bits per heavy atom. The lowest BCUT2D eigenvalue weighted by molar-refractivity contribution is 0.637. The Bertz CT molecular complexity index is 1430. The number of para-hydroxylation sites is 1. The van der Waals surface area contributed by atoms with Gasteiger partial charge in [-0.25, -0.2) is 19.3 Å². The number of nitrogens with one attached hydrogen (secondary N) is 3. The number of benzene rings is 2. The van der Waals surface area contributed by atoms with E-state index >= 15 is 0 Å². The van der Waals surface area contributed by atoms with Crippen molar-refractivity contribution in [3.63, 3.8) is 0 Å². The van der Waals surface area contributed by atoms with Gasteiger partial charge in [0.15, 0.2) is 0 Å². The second-order valence-electron chi connectivity index (χ2n) is 7.82. The topological polar surface area (TPSA) is 78.5 Å². The number of hydrogen-bond donors (Lipinski definition) is 3. The highest BCUT2D eigenvalue weighted by Crippen LogP contribution is 2.28. The van der Waals surface area contributed by atoms with Gasteiger partial charge in [-0.15, -0.1) is 0 Å². The molecule has 0 radical (unpaired) electrons. The summed E-state index contributed by atoms with van der Waals surface area (Å²) >= 11 is 0. The number of aromatic amines is 1. The van der Waals surface area contributed by atoms with E-state index in [1.54, 1.807) is 0 Å². The number of fused-ring (bicyclic) bond motifs is 2. The fraction of sp³-hybridized carbons (Fsp3) is 0.160. The van der Waals surface area contributed by atoms with E-state index in [-0.39, 0.29) is 5.82 Å².